The Morgan fingerprint density at radius 2 is 1.96 bits per heavy atom. The van der Waals surface area contributed by atoms with Crippen molar-refractivity contribution in [2.45, 2.75) is 6.54 Å². The van der Waals surface area contributed by atoms with Gasteiger partial charge >= 0.3 is 5.97 Å². The minimum atomic E-state index is -0.396. The number of para-hydroxylation sites is 1. The van der Waals surface area contributed by atoms with E-state index >= 15 is 0 Å². The lowest BCUT2D eigenvalue weighted by atomic mass is 10.2. The average molecular weight is 363 g/mol. The summed E-state index contributed by atoms with van der Waals surface area (Å²) in [4.78, 5) is 24.2. The summed E-state index contributed by atoms with van der Waals surface area (Å²) in [6, 6.07) is 14.4. The molecule has 0 fully saturated rings. The van der Waals surface area contributed by atoms with E-state index in [4.69, 9.17) is 4.74 Å². The number of carbonyl (C=O) groups excluding carboxylic acids is 1. The van der Waals surface area contributed by atoms with Crippen molar-refractivity contribution in [3.8, 4) is 0 Å². The fourth-order valence-corrected chi connectivity index (χ4v) is 3.06. The molecule has 4 aromatic rings. The van der Waals surface area contributed by atoms with Gasteiger partial charge < -0.3 is 10.1 Å². The summed E-state index contributed by atoms with van der Waals surface area (Å²) in [7, 11) is 3.02. The lowest BCUT2D eigenvalue weighted by Gasteiger charge is -2.09. The lowest BCUT2D eigenvalue weighted by Crippen LogP contribution is -2.20. The van der Waals surface area contributed by atoms with Gasteiger partial charge in [-0.15, -0.1) is 10.2 Å². The predicted octanol–water partition coefficient (Wildman–Crippen LogP) is 1.98. The largest absolute Gasteiger partial charge is 0.465 e. The number of esters is 1. The summed E-state index contributed by atoms with van der Waals surface area (Å²) in [5, 5.41) is 12.2. The highest BCUT2D eigenvalue weighted by Gasteiger charge is 2.14. The molecule has 0 aliphatic rings. The molecular formula is C19H17N5O3. The van der Waals surface area contributed by atoms with Gasteiger partial charge in [0.25, 0.3) is 5.56 Å². The molecule has 4 rings (SSSR count). The number of hydrogen-bond donors (Lipinski definition) is 1. The molecule has 0 saturated carbocycles. The highest BCUT2D eigenvalue weighted by molar-refractivity contribution is 5.90. The van der Waals surface area contributed by atoms with Crippen molar-refractivity contribution in [2.24, 2.45) is 7.05 Å². The number of rotatable bonds is 4. The predicted molar refractivity (Wildman–Crippen MR) is 101 cm³/mol. The number of nitrogens with one attached hydrogen (secondary N) is 1. The third-order valence-electron chi connectivity index (χ3n) is 4.43. The number of aryl methyl sites for hydroxylation is 1. The standard InChI is InChI=1S/C19H17N5O3/c1-23-17(25)14-8-3-4-9-15(14)24-16(21-22-19(23)24)11-20-13-7-5-6-12(10-13)18(26)27-2/h3-10,20H,11H2,1-2H3. The molecule has 0 atom stereocenters. The van der Waals surface area contributed by atoms with E-state index in [9.17, 15) is 9.59 Å². The van der Waals surface area contributed by atoms with Gasteiger partial charge in [-0.3, -0.25) is 13.8 Å². The lowest BCUT2D eigenvalue weighted by molar-refractivity contribution is 0.0601. The second-order valence-electron chi connectivity index (χ2n) is 6.06. The number of nitrogens with zero attached hydrogens (tertiary/aromatic N) is 4. The van der Waals surface area contributed by atoms with Crippen LogP contribution in [-0.2, 0) is 18.3 Å². The zero-order valence-corrected chi connectivity index (χ0v) is 14.8. The summed E-state index contributed by atoms with van der Waals surface area (Å²) in [5.41, 5.74) is 1.85. The average Bonchev–Trinajstić information content (AvgIpc) is 3.14. The number of aromatic nitrogens is 4. The zero-order chi connectivity index (χ0) is 19.0. The maximum absolute atomic E-state index is 12.5. The van der Waals surface area contributed by atoms with Crippen molar-refractivity contribution in [3.05, 3.63) is 70.3 Å². The quantitative estimate of drug-likeness (QED) is 0.558. The molecule has 0 amide bonds. The molecule has 136 valence electrons. The number of benzene rings is 2. The second kappa shape index (κ2) is 6.56. The first kappa shape index (κ1) is 16.8. The van der Waals surface area contributed by atoms with Crippen molar-refractivity contribution in [1.29, 1.82) is 0 Å². The van der Waals surface area contributed by atoms with Crippen LogP contribution in [0.2, 0.25) is 0 Å². The molecule has 8 heteroatoms. The molecule has 2 aromatic heterocycles. The Morgan fingerprint density at radius 3 is 2.78 bits per heavy atom. The zero-order valence-electron chi connectivity index (χ0n) is 14.8. The molecule has 2 aromatic carbocycles. The van der Waals surface area contributed by atoms with E-state index in [-0.39, 0.29) is 5.56 Å². The van der Waals surface area contributed by atoms with Gasteiger partial charge in [0.2, 0.25) is 5.78 Å². The Hall–Kier alpha value is -3.68. The van der Waals surface area contributed by atoms with Gasteiger partial charge in [-0.25, -0.2) is 4.79 Å². The smallest absolute Gasteiger partial charge is 0.337 e. The normalized spacial score (nSPS) is 11.0. The molecule has 0 spiro atoms. The van der Waals surface area contributed by atoms with E-state index in [0.717, 1.165) is 11.2 Å². The van der Waals surface area contributed by atoms with Gasteiger partial charge in [-0.1, -0.05) is 18.2 Å². The summed E-state index contributed by atoms with van der Waals surface area (Å²) >= 11 is 0. The van der Waals surface area contributed by atoms with Crippen LogP contribution in [0.3, 0.4) is 0 Å². The Morgan fingerprint density at radius 1 is 1.15 bits per heavy atom. The highest BCUT2D eigenvalue weighted by Crippen LogP contribution is 2.16. The summed E-state index contributed by atoms with van der Waals surface area (Å²) in [6.07, 6.45) is 0. The van der Waals surface area contributed by atoms with E-state index in [2.05, 4.69) is 15.5 Å². The number of hydrogen-bond acceptors (Lipinski definition) is 6. The van der Waals surface area contributed by atoms with Gasteiger partial charge in [0.15, 0.2) is 5.82 Å². The molecule has 0 unspecified atom stereocenters. The van der Waals surface area contributed by atoms with Crippen molar-refractivity contribution in [1.82, 2.24) is 19.2 Å². The third kappa shape index (κ3) is 2.80. The van der Waals surface area contributed by atoms with Gasteiger partial charge in [-0.05, 0) is 30.3 Å². The number of ether oxygens (including phenoxy) is 1. The van der Waals surface area contributed by atoms with E-state index in [1.54, 1.807) is 31.3 Å². The Balaban J connectivity index is 1.74. The topological polar surface area (TPSA) is 90.5 Å². The van der Waals surface area contributed by atoms with Crippen molar-refractivity contribution < 1.29 is 9.53 Å². The van der Waals surface area contributed by atoms with E-state index < -0.39 is 5.97 Å². The summed E-state index contributed by atoms with van der Waals surface area (Å²) < 4.78 is 8.08. The molecule has 0 radical (unpaired) electrons. The summed E-state index contributed by atoms with van der Waals surface area (Å²) in [6.45, 7) is 0.369. The number of methoxy groups -OCH3 is 1. The van der Waals surface area contributed by atoms with Gasteiger partial charge in [-0.2, -0.15) is 0 Å². The molecule has 27 heavy (non-hydrogen) atoms. The van der Waals surface area contributed by atoms with E-state index in [1.807, 2.05) is 28.7 Å². The molecule has 2 heterocycles. The van der Waals surface area contributed by atoms with Crippen LogP contribution in [0, 0.1) is 0 Å². The minimum Gasteiger partial charge on any atom is -0.465 e. The number of fused-ring (bicyclic) bond motifs is 3. The van der Waals surface area contributed by atoms with Crippen LogP contribution in [0.4, 0.5) is 5.69 Å². The maximum Gasteiger partial charge on any atom is 0.337 e. The molecule has 0 aliphatic carbocycles. The van der Waals surface area contributed by atoms with Crippen molar-refractivity contribution >= 4 is 28.3 Å². The number of carbonyl (C=O) groups is 1. The van der Waals surface area contributed by atoms with Gasteiger partial charge in [0.05, 0.1) is 30.1 Å². The van der Waals surface area contributed by atoms with Crippen molar-refractivity contribution in [3.63, 3.8) is 0 Å². The van der Waals surface area contributed by atoms with E-state index in [0.29, 0.717) is 29.1 Å². The first-order valence-corrected chi connectivity index (χ1v) is 8.34. The minimum absolute atomic E-state index is 0.115. The van der Waals surface area contributed by atoms with Crippen LogP contribution < -0.4 is 10.9 Å². The molecule has 0 aliphatic heterocycles. The Labute approximate surface area is 154 Å². The maximum atomic E-state index is 12.5. The molecule has 8 nitrogen and oxygen atoms in total. The fraction of sp³-hybridized carbons (Fsp3) is 0.158. The van der Waals surface area contributed by atoms with Crippen molar-refractivity contribution in [2.75, 3.05) is 12.4 Å². The van der Waals surface area contributed by atoms with Crippen LogP contribution in [0.15, 0.2) is 53.3 Å². The fourth-order valence-electron chi connectivity index (χ4n) is 3.06. The molecule has 0 saturated heterocycles. The van der Waals surface area contributed by atoms with Crippen LogP contribution in [0.1, 0.15) is 16.2 Å². The molecule has 0 bridgehead atoms. The third-order valence-corrected chi connectivity index (χ3v) is 4.43. The van der Waals surface area contributed by atoms with Gasteiger partial charge in [0.1, 0.15) is 0 Å². The Bertz CT molecular complexity index is 1230. The summed E-state index contributed by atoms with van der Waals surface area (Å²) in [5.74, 6) is 0.728. The molecule has 1 N–H and O–H groups in total. The van der Waals surface area contributed by atoms with Crippen LogP contribution in [-0.4, -0.2) is 32.2 Å². The van der Waals surface area contributed by atoms with Crippen LogP contribution in [0.5, 0.6) is 0 Å². The van der Waals surface area contributed by atoms with Crippen LogP contribution in [0.25, 0.3) is 16.7 Å². The Kier molecular flexibility index (Phi) is 4.08. The first-order valence-electron chi connectivity index (χ1n) is 8.34. The molecular weight excluding hydrogens is 346 g/mol. The monoisotopic (exact) mass is 363 g/mol. The van der Waals surface area contributed by atoms with Gasteiger partial charge in [0, 0.05) is 12.7 Å². The first-order chi connectivity index (χ1) is 13.1. The highest BCUT2D eigenvalue weighted by atomic mass is 16.5. The second-order valence-corrected chi connectivity index (χ2v) is 6.06. The SMILES string of the molecule is COC(=O)c1cccc(NCc2nnc3n(C)c(=O)c4ccccc4n23)c1. The number of anilines is 1. The van der Waals surface area contributed by atoms with E-state index in [1.165, 1.54) is 11.7 Å². The van der Waals surface area contributed by atoms with Crippen LogP contribution >= 0.6 is 0 Å².